The van der Waals surface area contributed by atoms with Crippen LogP contribution in [-0.2, 0) is 4.79 Å². The third kappa shape index (κ3) is 5.36. The van der Waals surface area contributed by atoms with Crippen LogP contribution < -0.4 is 14.4 Å². The van der Waals surface area contributed by atoms with Crippen molar-refractivity contribution in [3.05, 3.63) is 54.1 Å². The first kappa shape index (κ1) is 23.1. The number of carbonyl (C=O) groups excluding carboxylic acids is 1. The van der Waals surface area contributed by atoms with Crippen LogP contribution in [0.4, 0.5) is 5.13 Å². The fourth-order valence-corrected chi connectivity index (χ4v) is 4.33. The number of ether oxygens (including phenoxy) is 2. The molecule has 6 nitrogen and oxygen atoms in total. The van der Waals surface area contributed by atoms with Gasteiger partial charge in [-0.05, 0) is 24.7 Å². The zero-order valence-electron chi connectivity index (χ0n) is 17.6. The number of likely N-dealkylation sites (N-methyl/N-ethyl adjacent to an activating group) is 1. The quantitative estimate of drug-likeness (QED) is 0.451. The summed E-state index contributed by atoms with van der Waals surface area (Å²) in [5, 5.41) is 0.684. The first-order valence-electron chi connectivity index (χ1n) is 10.1. The van der Waals surface area contributed by atoms with Crippen molar-refractivity contribution in [2.45, 2.75) is 13.8 Å². The number of anilines is 1. The van der Waals surface area contributed by atoms with Gasteiger partial charge >= 0.3 is 0 Å². The van der Waals surface area contributed by atoms with Crippen LogP contribution in [0.5, 0.6) is 11.5 Å². The van der Waals surface area contributed by atoms with Gasteiger partial charge in [-0.2, -0.15) is 0 Å². The molecule has 1 amide bonds. The number of carbonyl (C=O) groups is 1. The van der Waals surface area contributed by atoms with E-state index >= 15 is 0 Å². The second-order valence-corrected chi connectivity index (χ2v) is 7.94. The highest BCUT2D eigenvalue weighted by Gasteiger charge is 2.21. The average Bonchev–Trinajstić information content (AvgIpc) is 3.40. The van der Waals surface area contributed by atoms with Crippen LogP contribution in [0, 0.1) is 0 Å². The number of fused-ring (bicyclic) bond motifs is 2. The van der Waals surface area contributed by atoms with Crippen molar-refractivity contribution >= 4 is 51.1 Å². The number of thiazole rings is 1. The molecule has 31 heavy (non-hydrogen) atoms. The Balaban J connectivity index is 0.00000272. The standard InChI is InChI=1S/C23H25N3O3S.ClH/c1-3-25(4-2)12-13-26(22(27)11-10-17-8-6-5-7-9-17)23-24-18-14-19-20(29-16-28-19)15-21(18)30-23;/h5-11,14-15H,3-4,12-13,16H2,1-2H3;1H. The van der Waals surface area contributed by atoms with E-state index in [0.717, 1.165) is 41.2 Å². The first-order chi connectivity index (χ1) is 14.7. The minimum absolute atomic E-state index is 0. The van der Waals surface area contributed by atoms with Crippen LogP contribution in [0.1, 0.15) is 19.4 Å². The van der Waals surface area contributed by atoms with Crippen LogP contribution in [0.3, 0.4) is 0 Å². The molecule has 0 bridgehead atoms. The van der Waals surface area contributed by atoms with Gasteiger partial charge in [0.2, 0.25) is 6.79 Å². The Hall–Kier alpha value is -2.61. The van der Waals surface area contributed by atoms with Gasteiger partial charge < -0.3 is 14.4 Å². The third-order valence-electron chi connectivity index (χ3n) is 5.12. The van der Waals surface area contributed by atoms with E-state index in [2.05, 4.69) is 18.7 Å². The molecule has 0 atom stereocenters. The molecule has 0 radical (unpaired) electrons. The third-order valence-corrected chi connectivity index (χ3v) is 6.16. The normalized spacial score (nSPS) is 12.5. The number of hydrogen-bond acceptors (Lipinski definition) is 6. The number of hydrogen-bond donors (Lipinski definition) is 0. The Morgan fingerprint density at radius 2 is 1.81 bits per heavy atom. The average molecular weight is 460 g/mol. The lowest BCUT2D eigenvalue weighted by atomic mass is 10.2. The first-order valence-corrected chi connectivity index (χ1v) is 11.0. The Kier molecular flexibility index (Phi) is 7.90. The van der Waals surface area contributed by atoms with Crippen molar-refractivity contribution in [3.63, 3.8) is 0 Å². The highest BCUT2D eigenvalue weighted by atomic mass is 35.5. The summed E-state index contributed by atoms with van der Waals surface area (Å²) in [7, 11) is 0. The van der Waals surface area contributed by atoms with E-state index in [9.17, 15) is 4.79 Å². The fraction of sp³-hybridized carbons (Fsp3) is 0.304. The number of benzene rings is 2. The summed E-state index contributed by atoms with van der Waals surface area (Å²) < 4.78 is 11.9. The maximum atomic E-state index is 13.1. The van der Waals surface area contributed by atoms with Gasteiger partial charge in [0.1, 0.15) is 0 Å². The Labute approximate surface area is 192 Å². The number of halogens is 1. The van der Waals surface area contributed by atoms with E-state index in [0.29, 0.717) is 17.4 Å². The van der Waals surface area contributed by atoms with Gasteiger partial charge in [0, 0.05) is 31.3 Å². The number of amides is 1. The maximum Gasteiger partial charge on any atom is 0.252 e. The molecule has 0 unspecified atom stereocenters. The van der Waals surface area contributed by atoms with E-state index in [1.807, 2.05) is 48.5 Å². The smallest absolute Gasteiger partial charge is 0.252 e. The Bertz CT molecular complexity index is 1010. The summed E-state index contributed by atoms with van der Waals surface area (Å²) in [5.41, 5.74) is 1.80. The summed E-state index contributed by atoms with van der Waals surface area (Å²) in [5.74, 6) is 1.34. The van der Waals surface area contributed by atoms with Crippen molar-refractivity contribution in [3.8, 4) is 11.5 Å². The molecule has 2 heterocycles. The molecule has 4 rings (SSSR count). The van der Waals surface area contributed by atoms with Crippen molar-refractivity contribution in [1.29, 1.82) is 0 Å². The molecule has 0 saturated carbocycles. The van der Waals surface area contributed by atoms with Crippen molar-refractivity contribution < 1.29 is 14.3 Å². The molecular weight excluding hydrogens is 434 g/mol. The SMILES string of the molecule is CCN(CC)CCN(C(=O)C=Cc1ccccc1)c1nc2cc3c(cc2s1)OCO3.Cl. The zero-order valence-corrected chi connectivity index (χ0v) is 19.2. The van der Waals surface area contributed by atoms with Crippen molar-refractivity contribution in [2.75, 3.05) is 37.9 Å². The van der Waals surface area contributed by atoms with Gasteiger partial charge in [0.15, 0.2) is 16.6 Å². The fourth-order valence-electron chi connectivity index (χ4n) is 3.32. The molecule has 2 aromatic carbocycles. The van der Waals surface area contributed by atoms with Gasteiger partial charge in [0.05, 0.1) is 10.2 Å². The predicted molar refractivity (Wildman–Crippen MR) is 129 cm³/mol. The largest absolute Gasteiger partial charge is 0.454 e. The second kappa shape index (κ2) is 10.6. The van der Waals surface area contributed by atoms with Crippen molar-refractivity contribution in [1.82, 2.24) is 9.88 Å². The van der Waals surface area contributed by atoms with Crippen LogP contribution in [0.2, 0.25) is 0 Å². The predicted octanol–water partition coefficient (Wildman–Crippen LogP) is 4.84. The Morgan fingerprint density at radius 3 is 2.52 bits per heavy atom. The highest BCUT2D eigenvalue weighted by Crippen LogP contribution is 2.39. The van der Waals surface area contributed by atoms with Gasteiger partial charge in [-0.25, -0.2) is 4.98 Å². The van der Waals surface area contributed by atoms with Gasteiger partial charge in [0.25, 0.3) is 5.91 Å². The number of rotatable bonds is 8. The van der Waals surface area contributed by atoms with E-state index in [4.69, 9.17) is 14.5 Å². The molecule has 0 spiro atoms. The summed E-state index contributed by atoms with van der Waals surface area (Å²) in [4.78, 5) is 21.9. The van der Waals surface area contributed by atoms with Crippen LogP contribution in [-0.4, -0.2) is 48.8 Å². The van der Waals surface area contributed by atoms with E-state index in [1.54, 1.807) is 11.0 Å². The van der Waals surface area contributed by atoms with Crippen LogP contribution in [0.25, 0.3) is 16.3 Å². The lowest BCUT2D eigenvalue weighted by Crippen LogP contribution is -2.38. The highest BCUT2D eigenvalue weighted by molar-refractivity contribution is 7.22. The zero-order chi connectivity index (χ0) is 20.9. The Morgan fingerprint density at radius 1 is 1.10 bits per heavy atom. The van der Waals surface area contributed by atoms with Gasteiger partial charge in [-0.3, -0.25) is 9.69 Å². The monoisotopic (exact) mass is 459 g/mol. The minimum Gasteiger partial charge on any atom is -0.454 e. The molecule has 164 valence electrons. The van der Waals surface area contributed by atoms with Crippen molar-refractivity contribution in [2.24, 2.45) is 0 Å². The van der Waals surface area contributed by atoms with Gasteiger partial charge in [-0.15, -0.1) is 12.4 Å². The summed E-state index contributed by atoms with van der Waals surface area (Å²) in [6, 6.07) is 13.6. The van der Waals surface area contributed by atoms with Crippen LogP contribution in [0.15, 0.2) is 48.5 Å². The molecule has 8 heteroatoms. The number of aromatic nitrogens is 1. The number of nitrogens with zero attached hydrogens (tertiary/aromatic N) is 3. The van der Waals surface area contributed by atoms with E-state index < -0.39 is 0 Å². The maximum absolute atomic E-state index is 13.1. The molecule has 1 aliphatic rings. The molecule has 3 aromatic rings. The molecule has 1 aromatic heterocycles. The lowest BCUT2D eigenvalue weighted by molar-refractivity contribution is -0.114. The molecule has 0 N–H and O–H groups in total. The summed E-state index contributed by atoms with van der Waals surface area (Å²) in [6.45, 7) is 7.74. The molecule has 0 saturated heterocycles. The van der Waals surface area contributed by atoms with E-state index in [1.165, 1.54) is 11.3 Å². The lowest BCUT2D eigenvalue weighted by Gasteiger charge is -2.23. The topological polar surface area (TPSA) is 54.9 Å². The van der Waals surface area contributed by atoms with Crippen LogP contribution >= 0.6 is 23.7 Å². The molecule has 0 fully saturated rings. The minimum atomic E-state index is -0.0786. The summed E-state index contributed by atoms with van der Waals surface area (Å²) >= 11 is 1.49. The molecule has 1 aliphatic heterocycles. The van der Waals surface area contributed by atoms with Gasteiger partial charge in [-0.1, -0.05) is 55.5 Å². The molecular formula is C23H26ClN3O3S. The second-order valence-electron chi connectivity index (χ2n) is 6.93. The van der Waals surface area contributed by atoms with E-state index in [-0.39, 0.29) is 25.1 Å². The summed E-state index contributed by atoms with van der Waals surface area (Å²) in [6.07, 6.45) is 3.46. The molecule has 0 aliphatic carbocycles.